The van der Waals surface area contributed by atoms with Gasteiger partial charge in [0.1, 0.15) is 0 Å². The first-order valence-corrected chi connectivity index (χ1v) is 6.22. The van der Waals surface area contributed by atoms with Crippen molar-refractivity contribution in [2.24, 2.45) is 0 Å². The molecule has 4 heteroatoms. The summed E-state index contributed by atoms with van der Waals surface area (Å²) in [4.78, 5) is 8.51. The molecule has 0 spiro atoms. The first kappa shape index (κ1) is 9.31. The zero-order valence-corrected chi connectivity index (χ0v) is 9.55. The van der Waals surface area contributed by atoms with Crippen molar-refractivity contribution in [3.63, 3.8) is 0 Å². The smallest absolute Gasteiger partial charge is 0.223 e. The molecule has 0 aliphatic heterocycles. The number of thiophene rings is 1. The third-order valence-electron chi connectivity index (χ3n) is 2.53. The third-order valence-corrected chi connectivity index (χ3v) is 3.38. The average Bonchev–Trinajstić information content (AvgIpc) is 2.93. The van der Waals surface area contributed by atoms with E-state index in [1.807, 2.05) is 5.38 Å². The Kier molecular flexibility index (Phi) is 2.22. The highest BCUT2D eigenvalue weighted by atomic mass is 35.5. The quantitative estimate of drug-likeness (QED) is 0.743. The summed E-state index contributed by atoms with van der Waals surface area (Å²) in [5, 5.41) is 4.48. The van der Waals surface area contributed by atoms with Gasteiger partial charge >= 0.3 is 0 Å². The minimum atomic E-state index is 0.362. The third kappa shape index (κ3) is 1.90. The highest BCUT2D eigenvalue weighted by Crippen LogP contribution is 2.40. The molecule has 15 heavy (non-hydrogen) atoms. The lowest BCUT2D eigenvalue weighted by Gasteiger charge is -2.02. The van der Waals surface area contributed by atoms with Crippen LogP contribution in [0.5, 0.6) is 0 Å². The van der Waals surface area contributed by atoms with Crippen molar-refractivity contribution in [1.82, 2.24) is 9.97 Å². The topological polar surface area (TPSA) is 25.8 Å². The largest absolute Gasteiger partial charge is 0.223 e. The molecule has 2 heterocycles. The van der Waals surface area contributed by atoms with Crippen molar-refractivity contribution in [3.8, 4) is 11.3 Å². The lowest BCUT2D eigenvalue weighted by Crippen LogP contribution is -1.92. The zero-order chi connectivity index (χ0) is 10.3. The highest BCUT2D eigenvalue weighted by Gasteiger charge is 2.26. The van der Waals surface area contributed by atoms with Crippen LogP contribution in [0.1, 0.15) is 24.5 Å². The Morgan fingerprint density at radius 1 is 1.33 bits per heavy atom. The lowest BCUT2D eigenvalue weighted by molar-refractivity contribution is 0.991. The molecule has 0 bridgehead atoms. The molecule has 76 valence electrons. The van der Waals surface area contributed by atoms with Gasteiger partial charge in [-0.15, -0.1) is 0 Å². The van der Waals surface area contributed by atoms with E-state index in [0.717, 1.165) is 17.0 Å². The molecule has 0 unspecified atom stereocenters. The van der Waals surface area contributed by atoms with Gasteiger partial charge in [-0.25, -0.2) is 9.97 Å². The molecule has 0 atom stereocenters. The number of halogens is 1. The summed E-state index contributed by atoms with van der Waals surface area (Å²) < 4.78 is 0. The number of aromatic nitrogens is 2. The van der Waals surface area contributed by atoms with Gasteiger partial charge in [0.25, 0.3) is 0 Å². The summed E-state index contributed by atoms with van der Waals surface area (Å²) >= 11 is 7.59. The lowest BCUT2D eigenvalue weighted by atomic mass is 10.2. The minimum absolute atomic E-state index is 0.362. The van der Waals surface area contributed by atoms with E-state index in [9.17, 15) is 0 Å². The van der Waals surface area contributed by atoms with Gasteiger partial charge in [0.05, 0.1) is 5.69 Å². The predicted molar refractivity (Wildman–Crippen MR) is 62.3 cm³/mol. The van der Waals surface area contributed by atoms with Crippen molar-refractivity contribution >= 4 is 22.9 Å². The summed E-state index contributed by atoms with van der Waals surface area (Å²) in [6.45, 7) is 0. The Morgan fingerprint density at radius 2 is 2.20 bits per heavy atom. The van der Waals surface area contributed by atoms with Crippen LogP contribution in [0.15, 0.2) is 22.9 Å². The Labute approximate surface area is 97.0 Å². The molecule has 3 rings (SSSR count). The minimum Gasteiger partial charge on any atom is -0.223 e. The fourth-order valence-corrected chi connectivity index (χ4v) is 2.42. The summed E-state index contributed by atoms with van der Waals surface area (Å²) in [7, 11) is 0. The zero-order valence-electron chi connectivity index (χ0n) is 7.98. The Morgan fingerprint density at radius 3 is 2.87 bits per heavy atom. The number of hydrogen-bond acceptors (Lipinski definition) is 3. The van der Waals surface area contributed by atoms with E-state index in [-0.39, 0.29) is 0 Å². The van der Waals surface area contributed by atoms with E-state index < -0.39 is 0 Å². The van der Waals surface area contributed by atoms with E-state index in [0.29, 0.717) is 11.2 Å². The van der Waals surface area contributed by atoms with Gasteiger partial charge in [-0.3, -0.25) is 0 Å². The fourth-order valence-electron chi connectivity index (χ4n) is 1.58. The fraction of sp³-hybridized carbons (Fsp3) is 0.273. The second-order valence-corrected chi connectivity index (χ2v) is 4.85. The van der Waals surface area contributed by atoms with Crippen molar-refractivity contribution in [3.05, 3.63) is 33.9 Å². The molecule has 0 N–H and O–H groups in total. The van der Waals surface area contributed by atoms with E-state index in [2.05, 4.69) is 27.5 Å². The average molecular weight is 237 g/mol. The number of rotatable bonds is 2. The van der Waals surface area contributed by atoms with Gasteiger partial charge in [-0.05, 0) is 42.0 Å². The molecule has 1 saturated carbocycles. The molecular weight excluding hydrogens is 228 g/mol. The Hall–Kier alpha value is -0.930. The summed E-state index contributed by atoms with van der Waals surface area (Å²) in [5.74, 6) is 0.614. The van der Waals surface area contributed by atoms with Gasteiger partial charge in [-0.2, -0.15) is 11.3 Å². The maximum Gasteiger partial charge on any atom is 0.223 e. The van der Waals surface area contributed by atoms with Crippen molar-refractivity contribution in [2.75, 3.05) is 0 Å². The molecule has 2 nitrogen and oxygen atoms in total. The van der Waals surface area contributed by atoms with Gasteiger partial charge in [-0.1, -0.05) is 0 Å². The first-order valence-electron chi connectivity index (χ1n) is 4.90. The van der Waals surface area contributed by atoms with Crippen LogP contribution < -0.4 is 0 Å². The van der Waals surface area contributed by atoms with Gasteiger partial charge in [0.2, 0.25) is 5.28 Å². The van der Waals surface area contributed by atoms with E-state index in [1.54, 1.807) is 11.3 Å². The molecule has 0 radical (unpaired) electrons. The highest BCUT2D eigenvalue weighted by molar-refractivity contribution is 7.08. The van der Waals surface area contributed by atoms with Crippen molar-refractivity contribution < 1.29 is 0 Å². The molecule has 2 aromatic heterocycles. The Bertz CT molecular complexity index is 477. The molecule has 2 aromatic rings. The second kappa shape index (κ2) is 3.58. The van der Waals surface area contributed by atoms with Crippen LogP contribution in [-0.4, -0.2) is 9.97 Å². The standard InChI is InChI=1S/C11H9ClN2S/c12-11-13-9(7-1-2-7)5-10(14-11)8-3-4-15-6-8/h3-7H,1-2H2. The van der Waals surface area contributed by atoms with Crippen molar-refractivity contribution in [2.45, 2.75) is 18.8 Å². The molecule has 1 aliphatic rings. The maximum absolute atomic E-state index is 5.92. The summed E-state index contributed by atoms with van der Waals surface area (Å²) in [5.41, 5.74) is 3.17. The van der Waals surface area contributed by atoms with E-state index in [1.165, 1.54) is 12.8 Å². The van der Waals surface area contributed by atoms with Crippen LogP contribution in [0.2, 0.25) is 5.28 Å². The Balaban J connectivity index is 2.07. The van der Waals surface area contributed by atoms with Gasteiger partial charge in [0, 0.05) is 22.6 Å². The summed E-state index contributed by atoms with van der Waals surface area (Å²) in [6, 6.07) is 4.12. The van der Waals surface area contributed by atoms with E-state index >= 15 is 0 Å². The molecule has 1 aliphatic carbocycles. The van der Waals surface area contributed by atoms with Crippen LogP contribution >= 0.6 is 22.9 Å². The molecule has 0 amide bonds. The van der Waals surface area contributed by atoms with Crippen LogP contribution in [-0.2, 0) is 0 Å². The number of nitrogens with zero attached hydrogens (tertiary/aromatic N) is 2. The normalized spacial score (nSPS) is 15.5. The molecule has 1 fully saturated rings. The van der Waals surface area contributed by atoms with Crippen LogP contribution in [0, 0.1) is 0 Å². The second-order valence-electron chi connectivity index (χ2n) is 3.73. The molecule has 0 saturated heterocycles. The first-order chi connectivity index (χ1) is 7.33. The van der Waals surface area contributed by atoms with Gasteiger partial charge in [0.15, 0.2) is 0 Å². The SMILES string of the molecule is Clc1nc(-c2ccsc2)cc(C2CC2)n1. The van der Waals surface area contributed by atoms with Crippen molar-refractivity contribution in [1.29, 1.82) is 0 Å². The van der Waals surface area contributed by atoms with Crippen LogP contribution in [0.4, 0.5) is 0 Å². The molecule has 0 aromatic carbocycles. The monoisotopic (exact) mass is 236 g/mol. The van der Waals surface area contributed by atoms with Gasteiger partial charge < -0.3 is 0 Å². The predicted octanol–water partition coefficient (Wildman–Crippen LogP) is 3.74. The number of hydrogen-bond donors (Lipinski definition) is 0. The molecular formula is C11H9ClN2S. The summed E-state index contributed by atoms with van der Waals surface area (Å²) in [6.07, 6.45) is 2.47. The van der Waals surface area contributed by atoms with E-state index in [4.69, 9.17) is 11.6 Å². The van der Waals surface area contributed by atoms with Crippen LogP contribution in [0.25, 0.3) is 11.3 Å². The van der Waals surface area contributed by atoms with Crippen LogP contribution in [0.3, 0.4) is 0 Å². The maximum atomic E-state index is 5.92.